The molecule has 2 aromatic heterocycles. The van der Waals surface area contributed by atoms with Crippen LogP contribution in [0.15, 0.2) is 29.1 Å². The summed E-state index contributed by atoms with van der Waals surface area (Å²) in [6.45, 7) is 4.77. The van der Waals surface area contributed by atoms with Gasteiger partial charge in [-0.2, -0.15) is 0 Å². The topological polar surface area (TPSA) is 37.3 Å². The second-order valence-electron chi connectivity index (χ2n) is 6.93. The fourth-order valence-electron chi connectivity index (χ4n) is 3.37. The molecule has 0 aromatic carbocycles. The van der Waals surface area contributed by atoms with Crippen LogP contribution in [0.25, 0.3) is 0 Å². The van der Waals surface area contributed by atoms with E-state index in [1.165, 1.54) is 21.0 Å². The lowest BCUT2D eigenvalue weighted by Crippen LogP contribution is -2.37. The first kappa shape index (κ1) is 17.4. The molecule has 24 heavy (non-hydrogen) atoms. The molecule has 2 heterocycles. The highest BCUT2D eigenvalue weighted by Gasteiger charge is 2.21. The van der Waals surface area contributed by atoms with Crippen LogP contribution in [0.1, 0.15) is 27.4 Å². The molecule has 1 N–H and O–H groups in total. The zero-order chi connectivity index (χ0) is 17.1. The summed E-state index contributed by atoms with van der Waals surface area (Å²) in [4.78, 5) is 17.1. The SMILES string of the molecule is Cc1ccc(CNC2CCc3c(ccc(=O)n3CCN(C)C)C2)s1. The monoisotopic (exact) mass is 345 g/mol. The second-order valence-corrected chi connectivity index (χ2v) is 8.30. The van der Waals surface area contributed by atoms with Gasteiger partial charge in [0, 0.05) is 47.2 Å². The molecule has 0 fully saturated rings. The summed E-state index contributed by atoms with van der Waals surface area (Å²) in [6.07, 6.45) is 3.10. The van der Waals surface area contributed by atoms with Gasteiger partial charge in [0.2, 0.25) is 0 Å². The van der Waals surface area contributed by atoms with Gasteiger partial charge in [0.05, 0.1) is 0 Å². The molecule has 1 unspecified atom stereocenters. The van der Waals surface area contributed by atoms with E-state index in [0.29, 0.717) is 6.04 Å². The van der Waals surface area contributed by atoms with Gasteiger partial charge in [-0.25, -0.2) is 0 Å². The van der Waals surface area contributed by atoms with E-state index in [1.54, 1.807) is 6.07 Å². The predicted octanol–water partition coefficient (Wildman–Crippen LogP) is 2.43. The standard InChI is InChI=1S/C19H27N3OS/c1-14-4-7-17(24-14)13-20-16-6-8-18-15(12-16)5-9-19(23)22(18)11-10-21(2)3/h4-5,7,9,16,20H,6,8,10-13H2,1-3H3. The van der Waals surface area contributed by atoms with E-state index < -0.39 is 0 Å². The van der Waals surface area contributed by atoms with E-state index in [0.717, 1.165) is 38.9 Å². The van der Waals surface area contributed by atoms with Gasteiger partial charge >= 0.3 is 0 Å². The van der Waals surface area contributed by atoms with Crippen LogP contribution in [0.4, 0.5) is 0 Å². The Labute approximate surface area is 148 Å². The number of pyridine rings is 1. The molecule has 1 aliphatic carbocycles. The number of hydrogen-bond acceptors (Lipinski definition) is 4. The number of nitrogens with one attached hydrogen (secondary N) is 1. The summed E-state index contributed by atoms with van der Waals surface area (Å²) in [5, 5.41) is 3.69. The first-order valence-corrected chi connectivity index (χ1v) is 9.49. The van der Waals surface area contributed by atoms with E-state index in [9.17, 15) is 4.79 Å². The minimum absolute atomic E-state index is 0.135. The highest BCUT2D eigenvalue weighted by atomic mass is 32.1. The molecular weight excluding hydrogens is 318 g/mol. The van der Waals surface area contributed by atoms with Crippen LogP contribution in [0, 0.1) is 6.92 Å². The van der Waals surface area contributed by atoms with Gasteiger partial charge in [0.25, 0.3) is 5.56 Å². The van der Waals surface area contributed by atoms with Crippen molar-refractivity contribution < 1.29 is 0 Å². The molecule has 0 radical (unpaired) electrons. The third kappa shape index (κ3) is 4.15. The summed E-state index contributed by atoms with van der Waals surface area (Å²) in [5.41, 5.74) is 2.71. The van der Waals surface area contributed by atoms with Gasteiger partial charge in [-0.1, -0.05) is 6.07 Å². The van der Waals surface area contributed by atoms with Crippen molar-refractivity contribution in [2.45, 2.75) is 45.3 Å². The third-order valence-electron chi connectivity index (χ3n) is 4.72. The van der Waals surface area contributed by atoms with Crippen molar-refractivity contribution in [1.82, 2.24) is 14.8 Å². The Kier molecular flexibility index (Phi) is 5.54. The Hall–Kier alpha value is -1.43. The number of thiophene rings is 1. The highest BCUT2D eigenvalue weighted by molar-refractivity contribution is 7.11. The number of aryl methyl sites for hydroxylation is 1. The van der Waals surface area contributed by atoms with Gasteiger partial charge in [-0.05, 0) is 58.0 Å². The molecule has 0 amide bonds. The Morgan fingerprint density at radius 2 is 2.12 bits per heavy atom. The number of rotatable bonds is 6. The molecule has 0 saturated heterocycles. The Balaban J connectivity index is 1.67. The van der Waals surface area contributed by atoms with Crippen molar-refractivity contribution in [1.29, 1.82) is 0 Å². The first-order chi connectivity index (χ1) is 11.5. The van der Waals surface area contributed by atoms with E-state index >= 15 is 0 Å². The summed E-state index contributed by atoms with van der Waals surface area (Å²) in [7, 11) is 4.10. The Bertz CT molecular complexity index is 747. The summed E-state index contributed by atoms with van der Waals surface area (Å²) in [6, 6.07) is 8.66. The van der Waals surface area contributed by atoms with Crippen molar-refractivity contribution >= 4 is 11.3 Å². The lowest BCUT2D eigenvalue weighted by atomic mass is 9.91. The second kappa shape index (κ2) is 7.64. The molecule has 1 aliphatic rings. The van der Waals surface area contributed by atoms with Crippen LogP contribution in [0.3, 0.4) is 0 Å². The molecule has 5 heteroatoms. The van der Waals surface area contributed by atoms with E-state index in [1.807, 2.05) is 36.1 Å². The van der Waals surface area contributed by atoms with Crippen molar-refractivity contribution in [3.8, 4) is 0 Å². The van der Waals surface area contributed by atoms with Crippen LogP contribution >= 0.6 is 11.3 Å². The zero-order valence-electron chi connectivity index (χ0n) is 14.8. The Morgan fingerprint density at radius 3 is 2.83 bits per heavy atom. The number of hydrogen-bond donors (Lipinski definition) is 1. The van der Waals surface area contributed by atoms with E-state index in [-0.39, 0.29) is 5.56 Å². The lowest BCUT2D eigenvalue weighted by molar-refractivity contribution is 0.370. The average Bonchev–Trinajstić information content (AvgIpc) is 2.97. The van der Waals surface area contributed by atoms with Gasteiger partial charge < -0.3 is 14.8 Å². The molecule has 0 saturated carbocycles. The maximum absolute atomic E-state index is 12.2. The zero-order valence-corrected chi connectivity index (χ0v) is 15.7. The van der Waals surface area contributed by atoms with E-state index in [4.69, 9.17) is 0 Å². The largest absolute Gasteiger partial charge is 0.311 e. The van der Waals surface area contributed by atoms with E-state index in [2.05, 4.69) is 29.3 Å². The molecule has 0 aliphatic heterocycles. The lowest BCUT2D eigenvalue weighted by Gasteiger charge is -2.28. The fraction of sp³-hybridized carbons (Fsp3) is 0.526. The molecule has 130 valence electrons. The average molecular weight is 346 g/mol. The molecular formula is C19H27N3OS. The van der Waals surface area contributed by atoms with Crippen molar-refractivity contribution in [2.75, 3.05) is 20.6 Å². The van der Waals surface area contributed by atoms with Gasteiger partial charge in [0.1, 0.15) is 0 Å². The van der Waals surface area contributed by atoms with Crippen molar-refractivity contribution in [2.24, 2.45) is 0 Å². The molecule has 0 spiro atoms. The molecule has 0 bridgehead atoms. The van der Waals surface area contributed by atoms with Gasteiger partial charge in [-0.3, -0.25) is 4.79 Å². The van der Waals surface area contributed by atoms with Gasteiger partial charge in [0.15, 0.2) is 0 Å². The molecule has 3 rings (SSSR count). The van der Waals surface area contributed by atoms with Gasteiger partial charge in [-0.15, -0.1) is 11.3 Å². The fourth-order valence-corrected chi connectivity index (χ4v) is 4.21. The number of nitrogens with zero attached hydrogens (tertiary/aromatic N) is 2. The van der Waals surface area contributed by atoms with Crippen LogP contribution in [0.5, 0.6) is 0 Å². The summed E-state index contributed by atoms with van der Waals surface area (Å²) < 4.78 is 1.98. The van der Waals surface area contributed by atoms with Crippen molar-refractivity contribution in [3.05, 3.63) is 55.6 Å². The highest BCUT2D eigenvalue weighted by Crippen LogP contribution is 2.21. The summed E-state index contributed by atoms with van der Waals surface area (Å²) >= 11 is 1.86. The maximum atomic E-state index is 12.2. The molecule has 1 atom stereocenters. The first-order valence-electron chi connectivity index (χ1n) is 8.68. The molecule has 4 nitrogen and oxygen atoms in total. The van der Waals surface area contributed by atoms with Crippen LogP contribution in [-0.4, -0.2) is 36.1 Å². The number of likely N-dealkylation sites (N-methyl/N-ethyl adjacent to an activating group) is 1. The number of aromatic nitrogens is 1. The summed E-state index contributed by atoms with van der Waals surface area (Å²) in [5.74, 6) is 0. The molecule has 2 aromatic rings. The van der Waals surface area contributed by atoms with Crippen LogP contribution in [-0.2, 0) is 25.9 Å². The smallest absolute Gasteiger partial charge is 0.250 e. The normalized spacial score (nSPS) is 17.2. The third-order valence-corrected chi connectivity index (χ3v) is 5.72. The minimum Gasteiger partial charge on any atom is -0.311 e. The van der Waals surface area contributed by atoms with Crippen molar-refractivity contribution in [3.63, 3.8) is 0 Å². The maximum Gasteiger partial charge on any atom is 0.250 e. The quantitative estimate of drug-likeness (QED) is 0.874. The van der Waals surface area contributed by atoms with Crippen LogP contribution in [0.2, 0.25) is 0 Å². The predicted molar refractivity (Wildman–Crippen MR) is 101 cm³/mol. The Morgan fingerprint density at radius 1 is 1.29 bits per heavy atom. The van der Waals surface area contributed by atoms with Crippen LogP contribution < -0.4 is 10.9 Å². The number of fused-ring (bicyclic) bond motifs is 1. The minimum atomic E-state index is 0.135.